The van der Waals surface area contributed by atoms with E-state index in [1.807, 2.05) is 84.9 Å². The van der Waals surface area contributed by atoms with E-state index in [1.54, 1.807) is 37.8 Å². The molecule has 0 bridgehead atoms. The second-order valence-corrected chi connectivity index (χ2v) is 14.0. The quantitative estimate of drug-likeness (QED) is 0.114. The van der Waals surface area contributed by atoms with Gasteiger partial charge in [0.25, 0.3) is 5.56 Å². The van der Waals surface area contributed by atoms with E-state index in [2.05, 4.69) is 45.2 Å². The molecule has 48 heavy (non-hydrogen) atoms. The van der Waals surface area contributed by atoms with Gasteiger partial charge < -0.3 is 18.9 Å². The molecule has 6 rings (SSSR count). The number of rotatable bonds is 10. The van der Waals surface area contributed by atoms with Crippen LogP contribution >= 0.6 is 56.5 Å². The highest BCUT2D eigenvalue weighted by Gasteiger charge is 2.35. The summed E-state index contributed by atoms with van der Waals surface area (Å²) < 4.78 is 26.8. The second kappa shape index (κ2) is 15.1. The topological polar surface area (TPSA) is 88.4 Å². The predicted molar refractivity (Wildman–Crippen MR) is 203 cm³/mol. The zero-order chi connectivity index (χ0) is 33.8. The molecule has 0 fully saturated rings. The standard InChI is InChI=1S/C37H30I2N2O6S/c1-4-46-36(43)31-32(24-13-9-6-10-14-24)40-37-41(33(31)25-15-16-28(44-2)29(20-25)45-3)35(42)30(48-37)19-23-17-26(38)34(27(39)18-23)47-21-22-11-7-5-8-12-22/h5-20,33H,4,21H2,1-3H3/b30-19-/t33-/m0/s1. The fraction of sp³-hybridized carbons (Fsp3) is 0.162. The lowest BCUT2D eigenvalue weighted by molar-refractivity contribution is -0.138. The van der Waals surface area contributed by atoms with E-state index in [1.165, 1.54) is 11.3 Å². The Labute approximate surface area is 308 Å². The number of hydrogen-bond acceptors (Lipinski definition) is 8. The number of halogens is 2. The predicted octanol–water partition coefficient (Wildman–Crippen LogP) is 6.74. The van der Waals surface area contributed by atoms with E-state index in [4.69, 9.17) is 23.9 Å². The van der Waals surface area contributed by atoms with Crippen LogP contribution in [0.2, 0.25) is 0 Å². The monoisotopic (exact) mass is 884 g/mol. The fourth-order valence-electron chi connectivity index (χ4n) is 5.46. The van der Waals surface area contributed by atoms with Crippen LogP contribution in [-0.2, 0) is 16.1 Å². The van der Waals surface area contributed by atoms with E-state index < -0.39 is 12.0 Å². The Morgan fingerprint density at radius 2 is 1.58 bits per heavy atom. The van der Waals surface area contributed by atoms with Gasteiger partial charge in [0, 0.05) is 5.56 Å². The molecular formula is C37H30I2N2O6S. The highest BCUT2D eigenvalue weighted by atomic mass is 127. The molecule has 2 heterocycles. The second-order valence-electron chi connectivity index (χ2n) is 10.6. The van der Waals surface area contributed by atoms with Gasteiger partial charge in [0.1, 0.15) is 12.4 Å². The van der Waals surface area contributed by atoms with Crippen LogP contribution in [0.15, 0.2) is 106 Å². The van der Waals surface area contributed by atoms with Crippen LogP contribution in [0.3, 0.4) is 0 Å². The van der Waals surface area contributed by atoms with Crippen molar-refractivity contribution in [3.63, 3.8) is 0 Å². The van der Waals surface area contributed by atoms with E-state index >= 15 is 0 Å². The minimum atomic E-state index is -0.841. The molecule has 0 radical (unpaired) electrons. The first-order chi connectivity index (χ1) is 23.3. The van der Waals surface area contributed by atoms with Crippen molar-refractivity contribution in [2.24, 2.45) is 4.99 Å². The van der Waals surface area contributed by atoms with E-state index in [0.29, 0.717) is 38.7 Å². The van der Waals surface area contributed by atoms with Crippen molar-refractivity contribution >= 4 is 74.3 Å². The average molecular weight is 885 g/mol. The number of benzene rings is 4. The summed E-state index contributed by atoms with van der Waals surface area (Å²) in [6, 6.07) is 28.0. The minimum absolute atomic E-state index is 0.163. The van der Waals surface area contributed by atoms with Crippen molar-refractivity contribution in [3.8, 4) is 17.2 Å². The molecule has 1 atom stereocenters. The van der Waals surface area contributed by atoms with Gasteiger partial charge in [-0.3, -0.25) is 9.36 Å². The van der Waals surface area contributed by atoms with Gasteiger partial charge in [0.2, 0.25) is 0 Å². The molecule has 0 aliphatic carbocycles. The van der Waals surface area contributed by atoms with Gasteiger partial charge in [-0.05, 0) is 99.1 Å². The molecule has 0 amide bonds. The molecule has 4 aromatic carbocycles. The SMILES string of the molecule is CCOC(=O)C1=C(c2ccccc2)N=c2s/c(=C\c3cc(I)c(OCc4ccccc4)c(I)c3)c(=O)n2[C@H]1c1ccc(OC)c(OC)c1. The third-order valence-electron chi connectivity index (χ3n) is 7.64. The van der Waals surface area contributed by atoms with Crippen LogP contribution in [0, 0.1) is 7.14 Å². The molecule has 0 saturated heterocycles. The van der Waals surface area contributed by atoms with Gasteiger partial charge in [0.15, 0.2) is 16.3 Å². The van der Waals surface area contributed by atoms with E-state index in [9.17, 15) is 9.59 Å². The van der Waals surface area contributed by atoms with Gasteiger partial charge in [0.05, 0.1) is 49.8 Å². The summed E-state index contributed by atoms with van der Waals surface area (Å²) in [6.07, 6.45) is 1.86. The first-order valence-electron chi connectivity index (χ1n) is 15.0. The number of thiazole rings is 1. The number of methoxy groups -OCH3 is 2. The normalized spacial score (nSPS) is 14.3. The van der Waals surface area contributed by atoms with Crippen LogP contribution < -0.4 is 29.1 Å². The summed E-state index contributed by atoms with van der Waals surface area (Å²) in [6.45, 7) is 2.37. The van der Waals surface area contributed by atoms with E-state index in [0.717, 1.165) is 29.6 Å². The van der Waals surface area contributed by atoms with Crippen molar-refractivity contribution in [1.82, 2.24) is 4.57 Å². The first-order valence-corrected chi connectivity index (χ1v) is 18.0. The lowest BCUT2D eigenvalue weighted by Crippen LogP contribution is -2.40. The number of ether oxygens (including phenoxy) is 4. The molecule has 11 heteroatoms. The maximum Gasteiger partial charge on any atom is 0.338 e. The summed E-state index contributed by atoms with van der Waals surface area (Å²) >= 11 is 5.80. The zero-order valence-corrected chi connectivity index (χ0v) is 31.4. The van der Waals surface area contributed by atoms with Crippen LogP contribution in [0.5, 0.6) is 17.2 Å². The lowest BCUT2D eigenvalue weighted by atomic mass is 9.93. The summed E-state index contributed by atoms with van der Waals surface area (Å²) in [5.74, 6) is 1.24. The van der Waals surface area contributed by atoms with Crippen molar-refractivity contribution < 1.29 is 23.7 Å². The number of aromatic nitrogens is 1. The molecule has 0 unspecified atom stereocenters. The Morgan fingerprint density at radius 3 is 2.23 bits per heavy atom. The van der Waals surface area contributed by atoms with Crippen LogP contribution in [0.4, 0.5) is 0 Å². The fourth-order valence-corrected chi connectivity index (χ4v) is 8.59. The van der Waals surface area contributed by atoms with Gasteiger partial charge in [-0.15, -0.1) is 0 Å². The third kappa shape index (κ3) is 6.94. The van der Waals surface area contributed by atoms with Crippen molar-refractivity contribution in [2.45, 2.75) is 19.6 Å². The van der Waals surface area contributed by atoms with Crippen LogP contribution in [0.25, 0.3) is 11.8 Å². The Bertz CT molecular complexity index is 2170. The lowest BCUT2D eigenvalue weighted by Gasteiger charge is -2.26. The number of carbonyl (C=O) groups excluding carboxylic acids is 1. The van der Waals surface area contributed by atoms with Gasteiger partial charge in [-0.2, -0.15) is 0 Å². The highest BCUT2D eigenvalue weighted by molar-refractivity contribution is 14.1. The Morgan fingerprint density at radius 1 is 0.917 bits per heavy atom. The molecule has 1 aliphatic rings. The number of esters is 1. The van der Waals surface area contributed by atoms with Gasteiger partial charge in [-0.1, -0.05) is 78.1 Å². The van der Waals surface area contributed by atoms with Gasteiger partial charge >= 0.3 is 5.97 Å². The number of fused-ring (bicyclic) bond motifs is 1. The molecule has 5 aromatic rings. The highest BCUT2D eigenvalue weighted by Crippen LogP contribution is 2.38. The minimum Gasteiger partial charge on any atom is -0.493 e. The smallest absolute Gasteiger partial charge is 0.338 e. The molecule has 0 spiro atoms. The number of hydrogen-bond donors (Lipinski definition) is 0. The van der Waals surface area contributed by atoms with Crippen molar-refractivity contribution in [2.75, 3.05) is 20.8 Å². The zero-order valence-electron chi connectivity index (χ0n) is 26.2. The summed E-state index contributed by atoms with van der Waals surface area (Å²) in [5.41, 5.74) is 3.74. The average Bonchev–Trinajstić information content (AvgIpc) is 3.41. The molecule has 0 saturated carbocycles. The summed E-state index contributed by atoms with van der Waals surface area (Å²) in [4.78, 5) is 33.6. The number of carbonyl (C=O) groups is 1. The van der Waals surface area contributed by atoms with E-state index in [-0.39, 0.29) is 17.7 Å². The van der Waals surface area contributed by atoms with Crippen LogP contribution in [-0.4, -0.2) is 31.4 Å². The maximum atomic E-state index is 14.4. The molecule has 244 valence electrons. The molecule has 0 N–H and O–H groups in total. The van der Waals surface area contributed by atoms with Crippen molar-refractivity contribution in [3.05, 3.63) is 146 Å². The Balaban J connectivity index is 1.52. The first kappa shape index (κ1) is 33.9. The summed E-state index contributed by atoms with van der Waals surface area (Å²) in [7, 11) is 3.10. The van der Waals surface area contributed by atoms with Gasteiger partial charge in [-0.25, -0.2) is 9.79 Å². The summed E-state index contributed by atoms with van der Waals surface area (Å²) in [5, 5.41) is 0. The van der Waals surface area contributed by atoms with Crippen molar-refractivity contribution in [1.29, 1.82) is 0 Å². The van der Waals surface area contributed by atoms with Crippen LogP contribution in [0.1, 0.15) is 35.2 Å². The maximum absolute atomic E-state index is 14.4. The molecule has 1 aromatic heterocycles. The Kier molecular flexibility index (Phi) is 10.7. The number of nitrogens with zero attached hydrogens (tertiary/aromatic N) is 2. The third-order valence-corrected chi connectivity index (χ3v) is 10.2. The largest absolute Gasteiger partial charge is 0.493 e. The molecular weight excluding hydrogens is 854 g/mol. The Hall–Kier alpha value is -3.95. The molecule has 1 aliphatic heterocycles. The molecule has 8 nitrogen and oxygen atoms in total.